The van der Waals surface area contributed by atoms with Gasteiger partial charge in [0.1, 0.15) is 17.1 Å². The number of nitro groups is 1. The van der Waals surface area contributed by atoms with E-state index in [1.807, 2.05) is 30.3 Å². The second-order valence-electron chi connectivity index (χ2n) is 6.77. The van der Waals surface area contributed by atoms with E-state index in [4.69, 9.17) is 0 Å². The smallest absolute Gasteiger partial charge is 0.279 e. The summed E-state index contributed by atoms with van der Waals surface area (Å²) in [5.41, 5.74) is -1.33. The van der Waals surface area contributed by atoms with E-state index in [2.05, 4.69) is 5.32 Å². The van der Waals surface area contributed by atoms with Crippen LogP contribution >= 0.6 is 0 Å². The molecule has 0 aromatic heterocycles. The van der Waals surface area contributed by atoms with E-state index in [-0.39, 0.29) is 17.7 Å². The van der Waals surface area contributed by atoms with Crippen LogP contribution in [0.25, 0.3) is 6.08 Å². The molecule has 1 heterocycles. The highest BCUT2D eigenvalue weighted by atomic mass is 19.1. The number of likely N-dealkylation sites (N-methyl/N-ethyl adjacent to an activating group) is 1. The number of nitrogens with zero attached hydrogens (tertiary/aromatic N) is 2. The number of carbonyl (C=O) groups is 2. The molecule has 3 rings (SSSR count). The standard InChI is InChI=1S/C20H18FN3O4/c1-20(12-13-7-4-3-5-8-13)19(26)23(2)17(18(25)22-20)11-14-15(21)9-6-10-16(14)24(27)28/h3-11H,12H2,1-2H3,(H,22,25). The number of nitrogens with one attached hydrogen (secondary N) is 1. The van der Waals surface area contributed by atoms with Crippen LogP contribution in [0.2, 0.25) is 0 Å². The van der Waals surface area contributed by atoms with Crippen LogP contribution in [0.3, 0.4) is 0 Å². The zero-order chi connectivity index (χ0) is 20.5. The van der Waals surface area contributed by atoms with E-state index in [0.29, 0.717) is 0 Å². The Kier molecular flexibility index (Phi) is 4.96. The van der Waals surface area contributed by atoms with Gasteiger partial charge in [0.2, 0.25) is 0 Å². The molecule has 0 saturated carbocycles. The van der Waals surface area contributed by atoms with Gasteiger partial charge in [0.15, 0.2) is 0 Å². The van der Waals surface area contributed by atoms with Crippen molar-refractivity contribution in [2.75, 3.05) is 7.05 Å². The third-order valence-electron chi connectivity index (χ3n) is 4.67. The van der Waals surface area contributed by atoms with E-state index < -0.39 is 33.8 Å². The van der Waals surface area contributed by atoms with Gasteiger partial charge in [0.05, 0.1) is 10.5 Å². The van der Waals surface area contributed by atoms with Crippen molar-refractivity contribution in [3.8, 4) is 0 Å². The van der Waals surface area contributed by atoms with Crippen LogP contribution in [0.5, 0.6) is 0 Å². The molecule has 1 atom stereocenters. The summed E-state index contributed by atoms with van der Waals surface area (Å²) in [5, 5.41) is 13.8. The third kappa shape index (κ3) is 3.48. The number of piperazine rings is 1. The first kappa shape index (κ1) is 19.2. The van der Waals surface area contributed by atoms with Gasteiger partial charge in [0, 0.05) is 19.5 Å². The molecular formula is C20H18FN3O4. The Morgan fingerprint density at radius 3 is 2.50 bits per heavy atom. The monoisotopic (exact) mass is 383 g/mol. The van der Waals surface area contributed by atoms with Crippen molar-refractivity contribution < 1.29 is 18.9 Å². The number of carbonyl (C=O) groups excluding carboxylic acids is 2. The van der Waals surface area contributed by atoms with Crippen LogP contribution in [0.1, 0.15) is 18.1 Å². The Bertz CT molecular complexity index is 990. The fourth-order valence-corrected chi connectivity index (χ4v) is 3.25. The molecule has 144 valence electrons. The molecule has 8 heteroatoms. The molecule has 0 radical (unpaired) electrons. The second kappa shape index (κ2) is 7.22. The molecule has 1 fully saturated rings. The topological polar surface area (TPSA) is 92.6 Å². The van der Waals surface area contributed by atoms with E-state index in [0.717, 1.165) is 28.7 Å². The van der Waals surface area contributed by atoms with Crippen LogP contribution in [-0.4, -0.2) is 34.2 Å². The maximum Gasteiger partial charge on any atom is 0.279 e. The van der Waals surface area contributed by atoms with Gasteiger partial charge in [-0.1, -0.05) is 36.4 Å². The summed E-state index contributed by atoms with van der Waals surface area (Å²) < 4.78 is 14.2. The lowest BCUT2D eigenvalue weighted by molar-refractivity contribution is -0.385. The molecule has 1 unspecified atom stereocenters. The van der Waals surface area contributed by atoms with Gasteiger partial charge in [0.25, 0.3) is 17.5 Å². The number of amides is 2. The maximum atomic E-state index is 14.2. The summed E-state index contributed by atoms with van der Waals surface area (Å²) in [6, 6.07) is 12.6. The summed E-state index contributed by atoms with van der Waals surface area (Å²) in [6.07, 6.45) is 1.30. The predicted molar refractivity (Wildman–Crippen MR) is 100 cm³/mol. The Hall–Kier alpha value is -3.55. The lowest BCUT2D eigenvalue weighted by Crippen LogP contribution is -2.64. The largest absolute Gasteiger partial charge is 0.336 e. The first-order chi connectivity index (χ1) is 13.2. The Morgan fingerprint density at radius 2 is 1.86 bits per heavy atom. The highest BCUT2D eigenvalue weighted by Gasteiger charge is 2.44. The van der Waals surface area contributed by atoms with E-state index >= 15 is 0 Å². The van der Waals surface area contributed by atoms with Gasteiger partial charge in [-0.05, 0) is 24.6 Å². The first-order valence-corrected chi connectivity index (χ1v) is 8.52. The molecular weight excluding hydrogens is 365 g/mol. The Labute approximate surface area is 160 Å². The molecule has 1 aliphatic heterocycles. The van der Waals surface area contributed by atoms with Gasteiger partial charge in [-0.15, -0.1) is 0 Å². The number of benzene rings is 2. The van der Waals surface area contributed by atoms with Crippen molar-refractivity contribution in [1.29, 1.82) is 0 Å². The summed E-state index contributed by atoms with van der Waals surface area (Å²) >= 11 is 0. The lowest BCUT2D eigenvalue weighted by Gasteiger charge is -2.39. The van der Waals surface area contributed by atoms with Crippen LogP contribution in [0.15, 0.2) is 54.2 Å². The van der Waals surface area contributed by atoms with E-state index in [9.17, 15) is 24.1 Å². The van der Waals surface area contributed by atoms with Crippen molar-refractivity contribution in [3.63, 3.8) is 0 Å². The highest BCUT2D eigenvalue weighted by molar-refractivity contribution is 6.09. The summed E-state index contributed by atoms with van der Waals surface area (Å²) in [5.74, 6) is -1.87. The average Bonchev–Trinajstić information content (AvgIpc) is 2.65. The number of hydrogen-bond acceptors (Lipinski definition) is 4. The average molecular weight is 383 g/mol. The van der Waals surface area contributed by atoms with Gasteiger partial charge in [-0.2, -0.15) is 0 Å². The minimum absolute atomic E-state index is 0.163. The highest BCUT2D eigenvalue weighted by Crippen LogP contribution is 2.28. The number of rotatable bonds is 4. The fourth-order valence-electron chi connectivity index (χ4n) is 3.25. The van der Waals surface area contributed by atoms with Crippen molar-refractivity contribution in [2.45, 2.75) is 18.9 Å². The van der Waals surface area contributed by atoms with Gasteiger partial charge in [-0.3, -0.25) is 19.7 Å². The van der Waals surface area contributed by atoms with E-state index in [1.165, 1.54) is 13.1 Å². The molecule has 1 saturated heterocycles. The molecule has 0 spiro atoms. The molecule has 1 N–H and O–H groups in total. The van der Waals surface area contributed by atoms with Crippen molar-refractivity contribution in [1.82, 2.24) is 10.2 Å². The molecule has 1 aliphatic rings. The van der Waals surface area contributed by atoms with Crippen LogP contribution in [0.4, 0.5) is 10.1 Å². The Morgan fingerprint density at radius 1 is 1.18 bits per heavy atom. The van der Waals surface area contributed by atoms with Crippen molar-refractivity contribution in [3.05, 3.63) is 81.3 Å². The molecule has 0 bridgehead atoms. The van der Waals surface area contributed by atoms with Gasteiger partial charge < -0.3 is 10.2 Å². The molecule has 2 aromatic rings. The second-order valence-corrected chi connectivity index (χ2v) is 6.77. The molecule has 2 amide bonds. The summed E-state index contributed by atoms with van der Waals surface area (Å²) in [7, 11) is 1.39. The SMILES string of the molecule is CN1C(=O)C(C)(Cc2ccccc2)NC(=O)C1=Cc1c(F)cccc1[N+](=O)[O-]. The van der Waals surface area contributed by atoms with Crippen LogP contribution in [-0.2, 0) is 16.0 Å². The normalized spacial score (nSPS) is 21.0. The maximum absolute atomic E-state index is 14.2. The Balaban J connectivity index is 1.98. The third-order valence-corrected chi connectivity index (χ3v) is 4.67. The minimum Gasteiger partial charge on any atom is -0.336 e. The first-order valence-electron chi connectivity index (χ1n) is 8.52. The minimum atomic E-state index is -1.19. The lowest BCUT2D eigenvalue weighted by atomic mass is 9.88. The quantitative estimate of drug-likeness (QED) is 0.499. The summed E-state index contributed by atoms with van der Waals surface area (Å²) in [6.45, 7) is 1.61. The summed E-state index contributed by atoms with van der Waals surface area (Å²) in [4.78, 5) is 37.2. The number of nitro benzene ring substituents is 1. The van der Waals surface area contributed by atoms with Crippen molar-refractivity contribution >= 4 is 23.6 Å². The predicted octanol–water partition coefficient (Wildman–Crippen LogP) is 2.66. The zero-order valence-corrected chi connectivity index (χ0v) is 15.3. The van der Waals surface area contributed by atoms with Crippen LogP contribution < -0.4 is 5.32 Å². The molecule has 7 nitrogen and oxygen atoms in total. The molecule has 0 aliphatic carbocycles. The molecule has 28 heavy (non-hydrogen) atoms. The van der Waals surface area contributed by atoms with Crippen molar-refractivity contribution in [2.24, 2.45) is 0 Å². The number of halogens is 1. The number of hydrogen-bond donors (Lipinski definition) is 1. The fraction of sp³-hybridized carbons (Fsp3) is 0.200. The zero-order valence-electron chi connectivity index (χ0n) is 15.3. The van der Waals surface area contributed by atoms with Gasteiger partial charge >= 0.3 is 0 Å². The van der Waals surface area contributed by atoms with E-state index in [1.54, 1.807) is 6.92 Å². The van der Waals surface area contributed by atoms with Crippen LogP contribution in [0, 0.1) is 15.9 Å². The van der Waals surface area contributed by atoms with Gasteiger partial charge in [-0.25, -0.2) is 4.39 Å². The molecule has 2 aromatic carbocycles.